The summed E-state index contributed by atoms with van der Waals surface area (Å²) in [6.45, 7) is 9.12. The molecule has 4 amide bonds. The number of likely N-dealkylation sites (tertiary alicyclic amines) is 1. The van der Waals surface area contributed by atoms with E-state index < -0.39 is 5.25 Å². The number of urea groups is 1. The summed E-state index contributed by atoms with van der Waals surface area (Å²) in [6, 6.07) is 16.3. The van der Waals surface area contributed by atoms with Crippen molar-refractivity contribution in [3.63, 3.8) is 0 Å². The zero-order valence-corrected chi connectivity index (χ0v) is 25.6. The van der Waals surface area contributed by atoms with Crippen molar-refractivity contribution in [1.82, 2.24) is 19.7 Å². The molecule has 0 saturated carbocycles. The summed E-state index contributed by atoms with van der Waals surface area (Å²) >= 11 is 1.61. The van der Waals surface area contributed by atoms with Gasteiger partial charge >= 0.3 is 6.03 Å². The molecule has 1 aromatic heterocycles. The predicted molar refractivity (Wildman–Crippen MR) is 173 cm³/mol. The smallest absolute Gasteiger partial charge is 0.322 e. The number of piperidine rings is 1. The Morgan fingerprint density at radius 1 is 1.02 bits per heavy atom. The van der Waals surface area contributed by atoms with E-state index in [9.17, 15) is 14.4 Å². The molecule has 0 radical (unpaired) electrons. The van der Waals surface area contributed by atoms with Crippen LogP contribution >= 0.6 is 11.8 Å². The third-order valence-electron chi connectivity index (χ3n) is 8.88. The normalized spacial score (nSPS) is 21.9. The van der Waals surface area contributed by atoms with Gasteiger partial charge in [0.25, 0.3) is 0 Å². The molecule has 2 unspecified atom stereocenters. The number of hydrogen-bond acceptors (Lipinski definition) is 4. The van der Waals surface area contributed by atoms with Gasteiger partial charge in [0, 0.05) is 58.9 Å². The second-order valence-electron chi connectivity index (χ2n) is 13.0. The van der Waals surface area contributed by atoms with Crippen LogP contribution in [0.2, 0.25) is 0 Å². The second kappa shape index (κ2) is 11.7. The molecule has 2 atom stereocenters. The number of fused-ring (bicyclic) bond motifs is 2. The largest absolute Gasteiger partial charge is 0.361 e. The van der Waals surface area contributed by atoms with Crippen molar-refractivity contribution in [2.45, 2.75) is 69.5 Å². The predicted octanol–water partition coefficient (Wildman–Crippen LogP) is 6.51. The Morgan fingerprint density at radius 3 is 2.60 bits per heavy atom. The van der Waals surface area contributed by atoms with E-state index in [4.69, 9.17) is 0 Å². The van der Waals surface area contributed by atoms with Crippen molar-refractivity contribution in [1.29, 1.82) is 0 Å². The van der Waals surface area contributed by atoms with E-state index in [1.54, 1.807) is 11.8 Å². The van der Waals surface area contributed by atoms with Crippen LogP contribution in [0.3, 0.4) is 0 Å². The summed E-state index contributed by atoms with van der Waals surface area (Å²) < 4.78 is 0. The van der Waals surface area contributed by atoms with Gasteiger partial charge in [0.15, 0.2) is 0 Å². The number of benzene rings is 2. The average molecular weight is 592 g/mol. The molecule has 2 fully saturated rings. The fraction of sp³-hybridized carbons (Fsp3) is 0.485. The van der Waals surface area contributed by atoms with Gasteiger partial charge in [0.1, 0.15) is 5.37 Å². The molecule has 226 valence electrons. The lowest BCUT2D eigenvalue weighted by Crippen LogP contribution is -2.50. The van der Waals surface area contributed by atoms with Gasteiger partial charge < -0.3 is 25.0 Å². The lowest BCUT2D eigenvalue weighted by molar-refractivity contribution is -0.137. The van der Waals surface area contributed by atoms with E-state index in [1.165, 1.54) is 0 Å². The third kappa shape index (κ3) is 5.89. The van der Waals surface area contributed by atoms with Crippen molar-refractivity contribution in [2.24, 2.45) is 5.41 Å². The number of anilines is 1. The molecule has 3 aliphatic heterocycles. The molecule has 9 heteroatoms. The summed E-state index contributed by atoms with van der Waals surface area (Å²) in [5.74, 6) is 0.0865. The van der Waals surface area contributed by atoms with E-state index >= 15 is 0 Å². The number of thioether (sulfide) groups is 1. The topological polar surface area (TPSA) is 88.8 Å². The van der Waals surface area contributed by atoms with Crippen LogP contribution in [0.1, 0.15) is 65.8 Å². The van der Waals surface area contributed by atoms with Crippen molar-refractivity contribution < 1.29 is 17.2 Å². The van der Waals surface area contributed by atoms with Gasteiger partial charge in [-0.1, -0.05) is 57.2 Å². The minimum Gasteiger partial charge on any atom is -0.361 e. The molecule has 2 saturated heterocycles. The Bertz CT molecular complexity index is 1480. The first-order valence-electron chi connectivity index (χ1n) is 15.1. The van der Waals surface area contributed by atoms with Crippen LogP contribution in [-0.4, -0.2) is 75.0 Å². The van der Waals surface area contributed by atoms with E-state index in [-0.39, 0.29) is 44.0 Å². The van der Waals surface area contributed by atoms with Crippen molar-refractivity contribution in [3.05, 3.63) is 65.9 Å². The summed E-state index contributed by atoms with van der Waals surface area (Å²) in [6.07, 6.45) is 5.34. The second-order valence-corrected chi connectivity index (χ2v) is 14.2. The zero-order chi connectivity index (χ0) is 29.4. The van der Waals surface area contributed by atoms with Crippen LogP contribution in [0.5, 0.6) is 0 Å². The minimum atomic E-state index is -0.403. The molecule has 2 aromatic carbocycles. The number of rotatable bonds is 6. The number of carbonyl (C=O) groups is 3. The molecule has 0 aliphatic carbocycles. The maximum atomic E-state index is 13.8. The highest BCUT2D eigenvalue weighted by Gasteiger charge is 2.43. The minimum absolute atomic E-state index is 0. The molecule has 3 aliphatic rings. The molecule has 0 spiro atoms. The summed E-state index contributed by atoms with van der Waals surface area (Å²) in [5.41, 5.74) is 4.29. The fourth-order valence-electron chi connectivity index (χ4n) is 6.42. The third-order valence-corrected chi connectivity index (χ3v) is 10.3. The first-order chi connectivity index (χ1) is 20.2. The Morgan fingerprint density at radius 2 is 1.81 bits per heavy atom. The molecular formula is C33H45N5O3S. The first kappa shape index (κ1) is 28.6. The van der Waals surface area contributed by atoms with Crippen molar-refractivity contribution >= 4 is 46.2 Å². The highest BCUT2D eigenvalue weighted by Crippen LogP contribution is 2.46. The number of carbonyl (C=O) groups excluding carboxylic acids is 3. The Hall–Kier alpha value is -3.46. The summed E-state index contributed by atoms with van der Waals surface area (Å²) in [5, 5.41) is 3.66. The number of H-pyrrole nitrogens is 1. The van der Waals surface area contributed by atoms with Crippen LogP contribution in [0.15, 0.2) is 54.7 Å². The molecule has 3 aromatic rings. The lowest BCUT2D eigenvalue weighted by atomic mass is 9.92. The van der Waals surface area contributed by atoms with Gasteiger partial charge in [-0.15, -0.1) is 11.8 Å². The molecule has 0 bridgehead atoms. The Labute approximate surface area is 255 Å². The Balaban J connectivity index is 0.00000221. The quantitative estimate of drug-likeness (QED) is 0.342. The summed E-state index contributed by atoms with van der Waals surface area (Å²) in [4.78, 5) is 49.5. The number of nitrogens with one attached hydrogen (secondary N) is 2. The number of nitrogens with zero attached hydrogens (tertiary/aromatic N) is 3. The highest BCUT2D eigenvalue weighted by molar-refractivity contribution is 8.01. The lowest BCUT2D eigenvalue weighted by Gasteiger charge is -2.38. The van der Waals surface area contributed by atoms with Gasteiger partial charge in [-0.2, -0.15) is 0 Å². The zero-order valence-electron chi connectivity index (χ0n) is 24.8. The number of aromatic amines is 1. The maximum absolute atomic E-state index is 13.8. The monoisotopic (exact) mass is 591 g/mol. The standard InChI is InChI=1S/C33H41N5O3S.2H2/c1-33(2,3)15-20-38-30(40)27(42-31(38)25-9-6-8-23-11-16-34-29(23)25)21-28(39)36-17-13-24(14-18-36)37-19-12-22-7-4-5-10-26(22)35-32(37)41;;/h4-11,16,24,27,31,34H,12-15,17-21H2,1-3H3,(H,35,41);2*1H. The van der Waals surface area contributed by atoms with E-state index in [2.05, 4.69) is 55.3 Å². The highest BCUT2D eigenvalue weighted by atomic mass is 32.2. The average Bonchev–Trinajstić information content (AvgIpc) is 3.52. The van der Waals surface area contributed by atoms with Crippen LogP contribution in [0.25, 0.3) is 10.9 Å². The maximum Gasteiger partial charge on any atom is 0.322 e. The van der Waals surface area contributed by atoms with E-state index in [1.807, 2.05) is 45.2 Å². The van der Waals surface area contributed by atoms with Crippen molar-refractivity contribution in [2.75, 3.05) is 31.5 Å². The van der Waals surface area contributed by atoms with Gasteiger partial charge in [-0.3, -0.25) is 9.59 Å². The molecule has 4 heterocycles. The van der Waals surface area contributed by atoms with E-state index in [0.717, 1.165) is 53.4 Å². The van der Waals surface area contributed by atoms with Gasteiger partial charge in [0.2, 0.25) is 11.8 Å². The van der Waals surface area contributed by atoms with Crippen LogP contribution in [-0.2, 0) is 16.0 Å². The molecular weight excluding hydrogens is 546 g/mol. The van der Waals surface area contributed by atoms with E-state index in [0.29, 0.717) is 26.2 Å². The number of hydrogen-bond donors (Lipinski definition) is 2. The van der Waals surface area contributed by atoms with Crippen LogP contribution in [0, 0.1) is 5.41 Å². The first-order valence-corrected chi connectivity index (χ1v) is 16.1. The van der Waals surface area contributed by atoms with Crippen LogP contribution < -0.4 is 5.32 Å². The van der Waals surface area contributed by atoms with Crippen LogP contribution in [0.4, 0.5) is 10.5 Å². The number of aromatic nitrogens is 1. The van der Waals surface area contributed by atoms with Gasteiger partial charge in [0.05, 0.1) is 10.8 Å². The number of para-hydroxylation sites is 2. The molecule has 8 nitrogen and oxygen atoms in total. The fourth-order valence-corrected chi connectivity index (χ4v) is 7.92. The molecule has 42 heavy (non-hydrogen) atoms. The van der Waals surface area contributed by atoms with Crippen molar-refractivity contribution in [3.8, 4) is 0 Å². The molecule has 6 rings (SSSR count). The molecule has 2 N–H and O–H groups in total. The summed E-state index contributed by atoms with van der Waals surface area (Å²) in [7, 11) is 0. The SMILES string of the molecule is CC(C)(C)CCN1C(=O)C(CC(=O)N2CCC(N3CCc4ccccc4NC3=O)CC2)SC1c1cccc2cc[nH]c12.[HH].[HH]. The van der Waals surface area contributed by atoms with Gasteiger partial charge in [-0.25, -0.2) is 4.79 Å². The Kier molecular flexibility index (Phi) is 7.96. The van der Waals surface area contributed by atoms with Gasteiger partial charge in [-0.05, 0) is 54.2 Å². The number of amides is 4.